The van der Waals surface area contributed by atoms with Gasteiger partial charge in [0, 0.05) is 0 Å². The van der Waals surface area contributed by atoms with Gasteiger partial charge >= 0.3 is 0 Å². The number of hydrogen-bond donors (Lipinski definition) is 1. The number of anilines is 1. The molecule has 3 nitrogen and oxygen atoms in total. The van der Waals surface area contributed by atoms with Crippen LogP contribution in [-0.4, -0.2) is 14.2 Å². The molecule has 90 valence electrons. The van der Waals surface area contributed by atoms with Crippen molar-refractivity contribution >= 4 is 15.7 Å². The maximum absolute atomic E-state index is 11.8. The van der Waals surface area contributed by atoms with Gasteiger partial charge in [0.25, 0.3) is 0 Å². The van der Waals surface area contributed by atoms with Crippen LogP contribution in [0.2, 0.25) is 0 Å². The van der Waals surface area contributed by atoms with Crippen LogP contribution in [0, 0.1) is 13.8 Å². The highest BCUT2D eigenvalue weighted by atomic mass is 32.2. The lowest BCUT2D eigenvalue weighted by atomic mass is 10.1. The number of aryl methyl sites for hydroxylation is 2. The fraction of sp³-hybridized carbons (Fsp3) is 0.500. The largest absolute Gasteiger partial charge is 0.283 e. The molecule has 0 bridgehead atoms. The molecule has 1 aromatic carbocycles. The van der Waals surface area contributed by atoms with Gasteiger partial charge in [-0.15, -0.1) is 0 Å². The molecule has 0 saturated heterocycles. The minimum atomic E-state index is -3.19. The lowest BCUT2D eigenvalue weighted by Crippen LogP contribution is -2.17. The van der Waals surface area contributed by atoms with E-state index in [4.69, 9.17) is 0 Å². The van der Waals surface area contributed by atoms with Gasteiger partial charge in [-0.05, 0) is 31.4 Å². The van der Waals surface area contributed by atoms with Gasteiger partial charge in [-0.1, -0.05) is 31.5 Å². The number of unbranched alkanes of at least 4 members (excludes halogenated alkanes) is 1. The average molecular weight is 241 g/mol. The molecule has 0 fully saturated rings. The van der Waals surface area contributed by atoms with Gasteiger partial charge in [0.1, 0.15) is 0 Å². The Morgan fingerprint density at radius 3 is 2.25 bits per heavy atom. The van der Waals surface area contributed by atoms with Gasteiger partial charge in [-0.3, -0.25) is 4.72 Å². The number of sulfonamides is 1. The van der Waals surface area contributed by atoms with Crippen molar-refractivity contribution in [2.45, 2.75) is 33.6 Å². The fourth-order valence-electron chi connectivity index (χ4n) is 1.52. The third kappa shape index (κ3) is 3.52. The summed E-state index contributed by atoms with van der Waals surface area (Å²) in [7, 11) is -3.19. The van der Waals surface area contributed by atoms with E-state index >= 15 is 0 Å². The third-order valence-electron chi connectivity index (χ3n) is 2.51. The van der Waals surface area contributed by atoms with Crippen molar-refractivity contribution in [3.63, 3.8) is 0 Å². The Balaban J connectivity index is 2.88. The summed E-state index contributed by atoms with van der Waals surface area (Å²) in [5.41, 5.74) is 2.64. The molecule has 0 saturated carbocycles. The van der Waals surface area contributed by atoms with Crippen molar-refractivity contribution in [2.75, 3.05) is 10.5 Å². The summed E-state index contributed by atoms with van der Waals surface area (Å²) in [6.07, 6.45) is 1.58. The van der Waals surface area contributed by atoms with Crippen molar-refractivity contribution in [3.8, 4) is 0 Å². The van der Waals surface area contributed by atoms with Crippen LogP contribution in [0.5, 0.6) is 0 Å². The molecule has 0 spiro atoms. The zero-order chi connectivity index (χ0) is 12.2. The van der Waals surface area contributed by atoms with Crippen LogP contribution in [0.3, 0.4) is 0 Å². The molecule has 1 rings (SSSR count). The normalized spacial score (nSPS) is 11.4. The van der Waals surface area contributed by atoms with Crippen molar-refractivity contribution in [1.82, 2.24) is 0 Å². The Morgan fingerprint density at radius 1 is 1.19 bits per heavy atom. The van der Waals surface area contributed by atoms with Crippen molar-refractivity contribution in [3.05, 3.63) is 29.3 Å². The Labute approximate surface area is 97.9 Å². The first-order chi connectivity index (χ1) is 7.46. The van der Waals surface area contributed by atoms with E-state index in [2.05, 4.69) is 4.72 Å². The Hall–Kier alpha value is -1.03. The maximum Gasteiger partial charge on any atom is 0.232 e. The summed E-state index contributed by atoms with van der Waals surface area (Å²) >= 11 is 0. The monoisotopic (exact) mass is 241 g/mol. The molecule has 0 heterocycles. The molecule has 0 aliphatic rings. The van der Waals surface area contributed by atoms with Crippen LogP contribution >= 0.6 is 0 Å². The first kappa shape index (κ1) is 13.0. The second-order valence-electron chi connectivity index (χ2n) is 4.04. The molecule has 1 aromatic rings. The van der Waals surface area contributed by atoms with Gasteiger partial charge < -0.3 is 0 Å². The number of para-hydroxylation sites is 1. The van der Waals surface area contributed by atoms with Gasteiger partial charge in [0.2, 0.25) is 10.0 Å². The van der Waals surface area contributed by atoms with E-state index < -0.39 is 10.0 Å². The van der Waals surface area contributed by atoms with Gasteiger partial charge in [-0.25, -0.2) is 8.42 Å². The van der Waals surface area contributed by atoms with Crippen molar-refractivity contribution < 1.29 is 8.42 Å². The maximum atomic E-state index is 11.8. The summed E-state index contributed by atoms with van der Waals surface area (Å²) in [6.45, 7) is 5.80. The molecule has 4 heteroatoms. The summed E-state index contributed by atoms with van der Waals surface area (Å²) in [5, 5.41) is 0. The first-order valence-corrected chi connectivity index (χ1v) is 7.18. The highest BCUT2D eigenvalue weighted by Gasteiger charge is 2.12. The molecule has 0 radical (unpaired) electrons. The van der Waals surface area contributed by atoms with Gasteiger partial charge in [0.05, 0.1) is 11.4 Å². The third-order valence-corrected chi connectivity index (χ3v) is 3.85. The first-order valence-electron chi connectivity index (χ1n) is 5.53. The molecular formula is C12H19NO2S. The van der Waals surface area contributed by atoms with E-state index in [0.717, 1.165) is 23.2 Å². The minimum absolute atomic E-state index is 0.192. The highest BCUT2D eigenvalue weighted by molar-refractivity contribution is 7.92. The molecule has 0 unspecified atom stereocenters. The second kappa shape index (κ2) is 5.34. The van der Waals surface area contributed by atoms with E-state index in [9.17, 15) is 8.42 Å². The van der Waals surface area contributed by atoms with Crippen molar-refractivity contribution in [2.24, 2.45) is 0 Å². The Morgan fingerprint density at radius 2 is 1.75 bits per heavy atom. The van der Waals surface area contributed by atoms with Crippen LogP contribution in [0.15, 0.2) is 18.2 Å². The summed E-state index contributed by atoms with van der Waals surface area (Å²) in [6, 6.07) is 5.74. The lowest BCUT2D eigenvalue weighted by Gasteiger charge is -2.12. The molecule has 0 amide bonds. The average Bonchev–Trinajstić information content (AvgIpc) is 2.21. The molecule has 0 aliphatic heterocycles. The van der Waals surface area contributed by atoms with Crippen LogP contribution in [-0.2, 0) is 10.0 Å². The Kier molecular flexibility index (Phi) is 4.35. The zero-order valence-electron chi connectivity index (χ0n) is 10.1. The van der Waals surface area contributed by atoms with Crippen LogP contribution < -0.4 is 4.72 Å². The fourth-order valence-corrected chi connectivity index (χ4v) is 2.92. The molecule has 0 aliphatic carbocycles. The molecule has 1 N–H and O–H groups in total. The quantitative estimate of drug-likeness (QED) is 0.861. The topological polar surface area (TPSA) is 46.2 Å². The molecule has 0 atom stereocenters. The standard InChI is InChI=1S/C12H19NO2S/c1-4-5-9-16(14,15)13-12-10(2)7-6-8-11(12)3/h6-8,13H,4-5,9H2,1-3H3. The van der Waals surface area contributed by atoms with Gasteiger partial charge in [0.15, 0.2) is 0 Å². The van der Waals surface area contributed by atoms with Crippen LogP contribution in [0.4, 0.5) is 5.69 Å². The van der Waals surface area contributed by atoms with E-state index in [1.54, 1.807) is 0 Å². The van der Waals surface area contributed by atoms with Crippen molar-refractivity contribution in [1.29, 1.82) is 0 Å². The number of rotatable bonds is 5. The zero-order valence-corrected chi connectivity index (χ0v) is 10.9. The number of hydrogen-bond acceptors (Lipinski definition) is 2. The summed E-state index contributed by atoms with van der Waals surface area (Å²) in [4.78, 5) is 0. The highest BCUT2D eigenvalue weighted by Crippen LogP contribution is 2.20. The van der Waals surface area contributed by atoms with E-state index in [-0.39, 0.29) is 5.75 Å². The summed E-state index contributed by atoms with van der Waals surface area (Å²) in [5.74, 6) is 0.192. The van der Waals surface area contributed by atoms with Crippen LogP contribution in [0.1, 0.15) is 30.9 Å². The number of benzene rings is 1. The smallest absolute Gasteiger partial charge is 0.232 e. The predicted octanol–water partition coefficient (Wildman–Crippen LogP) is 2.85. The number of nitrogens with one attached hydrogen (secondary N) is 1. The molecular weight excluding hydrogens is 222 g/mol. The van der Waals surface area contributed by atoms with E-state index in [1.165, 1.54) is 0 Å². The predicted molar refractivity (Wildman–Crippen MR) is 68.2 cm³/mol. The summed E-state index contributed by atoms with van der Waals surface area (Å²) < 4.78 is 26.2. The Bertz CT molecular complexity index is 432. The molecule has 16 heavy (non-hydrogen) atoms. The molecule has 0 aromatic heterocycles. The van der Waals surface area contributed by atoms with E-state index in [0.29, 0.717) is 6.42 Å². The second-order valence-corrected chi connectivity index (χ2v) is 5.88. The van der Waals surface area contributed by atoms with E-state index in [1.807, 2.05) is 39.0 Å². The van der Waals surface area contributed by atoms with Crippen LogP contribution in [0.25, 0.3) is 0 Å². The SMILES string of the molecule is CCCCS(=O)(=O)Nc1c(C)cccc1C. The van der Waals surface area contributed by atoms with Gasteiger partial charge in [-0.2, -0.15) is 0 Å². The lowest BCUT2D eigenvalue weighted by molar-refractivity contribution is 0.598. The minimum Gasteiger partial charge on any atom is -0.283 e.